The van der Waals surface area contributed by atoms with Gasteiger partial charge in [-0.15, -0.1) is 0 Å². The fraction of sp³-hybridized carbons (Fsp3) is 0.200. The van der Waals surface area contributed by atoms with E-state index in [2.05, 4.69) is 17.6 Å². The quantitative estimate of drug-likeness (QED) is 0.466. The Morgan fingerprint density at radius 3 is 2.58 bits per heavy atom. The molecule has 0 unspecified atom stereocenters. The topological polar surface area (TPSA) is 64.9 Å². The van der Waals surface area contributed by atoms with Crippen molar-refractivity contribution in [2.24, 2.45) is 0 Å². The highest BCUT2D eigenvalue weighted by atomic mass is 35.5. The molecule has 0 aromatic heterocycles. The van der Waals surface area contributed by atoms with Crippen LogP contribution in [0, 0.1) is 11.3 Å². The van der Waals surface area contributed by atoms with E-state index in [1.54, 1.807) is 18.2 Å². The molecular weight excluding hydrogens is 369 g/mol. The molecule has 0 aliphatic heterocycles. The van der Waals surface area contributed by atoms with E-state index in [0.29, 0.717) is 10.7 Å². The molecule has 2 N–H and O–H groups in total. The molecule has 0 saturated carbocycles. The van der Waals surface area contributed by atoms with Crippen molar-refractivity contribution in [3.8, 4) is 6.07 Å². The summed E-state index contributed by atoms with van der Waals surface area (Å²) in [5.41, 5.74) is 2.34. The Morgan fingerprint density at radius 1 is 1.19 bits per heavy atom. The molecule has 4 nitrogen and oxygen atoms in total. The summed E-state index contributed by atoms with van der Waals surface area (Å²) >= 11 is 12.0. The highest BCUT2D eigenvalue weighted by Gasteiger charge is 2.12. The third-order valence-electron chi connectivity index (χ3n) is 3.72. The van der Waals surface area contributed by atoms with Crippen LogP contribution in [0.3, 0.4) is 0 Å². The second-order valence-electron chi connectivity index (χ2n) is 5.67. The van der Waals surface area contributed by atoms with Crippen LogP contribution >= 0.6 is 23.2 Å². The molecule has 0 spiro atoms. The van der Waals surface area contributed by atoms with Gasteiger partial charge in [0, 0.05) is 11.9 Å². The summed E-state index contributed by atoms with van der Waals surface area (Å²) in [6.45, 7) is 2.16. The van der Waals surface area contributed by atoms with Crippen LogP contribution in [0.2, 0.25) is 10.0 Å². The Morgan fingerprint density at radius 2 is 1.92 bits per heavy atom. The highest BCUT2D eigenvalue weighted by molar-refractivity contribution is 6.44. The number of aryl methyl sites for hydroxylation is 1. The van der Waals surface area contributed by atoms with Crippen LogP contribution in [0.25, 0.3) is 0 Å². The second-order valence-corrected chi connectivity index (χ2v) is 6.46. The van der Waals surface area contributed by atoms with Gasteiger partial charge in [-0.25, -0.2) is 0 Å². The summed E-state index contributed by atoms with van der Waals surface area (Å²) in [5, 5.41) is 15.4. The van der Waals surface area contributed by atoms with E-state index in [9.17, 15) is 10.1 Å². The Balaban J connectivity index is 2.04. The van der Waals surface area contributed by atoms with Crippen LogP contribution in [0.5, 0.6) is 0 Å². The number of amides is 1. The number of unbranched alkanes of at least 4 members (excludes halogenated alkanes) is 1. The molecule has 6 heteroatoms. The van der Waals surface area contributed by atoms with Gasteiger partial charge in [0.1, 0.15) is 11.6 Å². The maximum atomic E-state index is 12.3. The van der Waals surface area contributed by atoms with E-state index in [0.717, 1.165) is 24.9 Å². The molecule has 134 valence electrons. The number of halogens is 2. The van der Waals surface area contributed by atoms with Crippen molar-refractivity contribution in [1.82, 2.24) is 0 Å². The Labute approximate surface area is 163 Å². The zero-order valence-electron chi connectivity index (χ0n) is 14.4. The van der Waals surface area contributed by atoms with Crippen LogP contribution in [0.1, 0.15) is 25.3 Å². The minimum Gasteiger partial charge on any atom is -0.360 e. The smallest absolute Gasteiger partial charge is 0.267 e. The van der Waals surface area contributed by atoms with E-state index in [-0.39, 0.29) is 10.6 Å². The monoisotopic (exact) mass is 387 g/mol. The predicted molar refractivity (Wildman–Crippen MR) is 107 cm³/mol. The van der Waals surface area contributed by atoms with Crippen molar-refractivity contribution in [2.45, 2.75) is 26.2 Å². The normalized spacial score (nSPS) is 10.9. The lowest BCUT2D eigenvalue weighted by atomic mass is 10.1. The molecular formula is C20H19Cl2N3O. The van der Waals surface area contributed by atoms with Crippen molar-refractivity contribution in [3.05, 3.63) is 69.8 Å². The molecule has 0 fully saturated rings. The zero-order valence-corrected chi connectivity index (χ0v) is 15.9. The standard InChI is InChI=1S/C20H19Cl2N3O/c1-2-3-5-14-8-10-16(11-9-14)24-13-15(12-23)20(26)25-18-7-4-6-17(21)19(18)22/h4,6-11,13,24H,2-3,5H2,1H3,(H,25,26)/b15-13-. The van der Waals surface area contributed by atoms with Crippen molar-refractivity contribution in [3.63, 3.8) is 0 Å². The molecule has 0 saturated heterocycles. The van der Waals surface area contributed by atoms with Gasteiger partial charge >= 0.3 is 0 Å². The molecule has 2 aromatic carbocycles. The highest BCUT2D eigenvalue weighted by Crippen LogP contribution is 2.29. The average molecular weight is 388 g/mol. The van der Waals surface area contributed by atoms with Gasteiger partial charge in [-0.2, -0.15) is 5.26 Å². The lowest BCUT2D eigenvalue weighted by Crippen LogP contribution is -2.14. The van der Waals surface area contributed by atoms with E-state index < -0.39 is 5.91 Å². The molecule has 26 heavy (non-hydrogen) atoms. The number of anilines is 2. The fourth-order valence-corrected chi connectivity index (χ4v) is 2.59. The number of hydrogen-bond acceptors (Lipinski definition) is 3. The van der Waals surface area contributed by atoms with E-state index in [1.165, 1.54) is 11.8 Å². The van der Waals surface area contributed by atoms with E-state index in [1.807, 2.05) is 30.3 Å². The largest absolute Gasteiger partial charge is 0.360 e. The minimum atomic E-state index is -0.566. The third kappa shape index (κ3) is 5.52. The maximum Gasteiger partial charge on any atom is 0.267 e. The summed E-state index contributed by atoms with van der Waals surface area (Å²) in [7, 11) is 0. The van der Waals surface area contributed by atoms with Crippen molar-refractivity contribution in [2.75, 3.05) is 10.6 Å². The Hall–Kier alpha value is -2.48. The van der Waals surface area contributed by atoms with Gasteiger partial charge in [0.15, 0.2) is 0 Å². The van der Waals surface area contributed by atoms with E-state index in [4.69, 9.17) is 23.2 Å². The lowest BCUT2D eigenvalue weighted by Gasteiger charge is -2.08. The average Bonchev–Trinajstić information content (AvgIpc) is 2.65. The van der Waals surface area contributed by atoms with Gasteiger partial charge in [0.05, 0.1) is 15.7 Å². The van der Waals surface area contributed by atoms with Crippen molar-refractivity contribution >= 4 is 40.5 Å². The first-order valence-electron chi connectivity index (χ1n) is 8.26. The third-order valence-corrected chi connectivity index (χ3v) is 4.54. The molecule has 0 aliphatic carbocycles. The Kier molecular flexibility index (Phi) is 7.53. The maximum absolute atomic E-state index is 12.3. The molecule has 0 bridgehead atoms. The summed E-state index contributed by atoms with van der Waals surface area (Å²) in [4.78, 5) is 12.3. The number of carbonyl (C=O) groups is 1. The molecule has 0 heterocycles. The van der Waals surface area contributed by atoms with Crippen LogP contribution in [0.4, 0.5) is 11.4 Å². The predicted octanol–water partition coefficient (Wildman–Crippen LogP) is 5.79. The number of carbonyl (C=O) groups excluding carboxylic acids is 1. The SMILES string of the molecule is CCCCc1ccc(N/C=C(/C#N)C(=O)Nc2cccc(Cl)c2Cl)cc1. The van der Waals surface area contributed by atoms with Crippen molar-refractivity contribution < 1.29 is 4.79 Å². The summed E-state index contributed by atoms with van der Waals surface area (Å²) < 4.78 is 0. The molecule has 2 rings (SSSR count). The van der Waals surface area contributed by atoms with Crippen LogP contribution in [0.15, 0.2) is 54.2 Å². The van der Waals surface area contributed by atoms with Crippen LogP contribution in [-0.4, -0.2) is 5.91 Å². The van der Waals surface area contributed by atoms with Gasteiger partial charge in [0.25, 0.3) is 5.91 Å². The molecule has 0 radical (unpaired) electrons. The number of nitrogens with zero attached hydrogens (tertiary/aromatic N) is 1. The molecule has 2 aromatic rings. The first kappa shape index (κ1) is 19.8. The van der Waals surface area contributed by atoms with Gasteiger partial charge in [-0.05, 0) is 42.7 Å². The zero-order chi connectivity index (χ0) is 18.9. The first-order chi connectivity index (χ1) is 12.5. The fourth-order valence-electron chi connectivity index (χ4n) is 2.24. The van der Waals surface area contributed by atoms with Gasteiger partial charge in [0.2, 0.25) is 0 Å². The summed E-state index contributed by atoms with van der Waals surface area (Å²) in [5.74, 6) is -0.566. The Bertz CT molecular complexity index is 839. The molecule has 0 aliphatic rings. The van der Waals surface area contributed by atoms with Gasteiger partial charge in [-0.3, -0.25) is 4.79 Å². The molecule has 1 amide bonds. The number of hydrogen-bond donors (Lipinski definition) is 2. The second kappa shape index (κ2) is 9.86. The number of rotatable bonds is 7. The number of nitriles is 1. The summed E-state index contributed by atoms with van der Waals surface area (Å²) in [6.07, 6.45) is 4.71. The lowest BCUT2D eigenvalue weighted by molar-refractivity contribution is -0.112. The number of benzene rings is 2. The van der Waals surface area contributed by atoms with Gasteiger partial charge < -0.3 is 10.6 Å². The summed E-state index contributed by atoms with van der Waals surface area (Å²) in [6, 6.07) is 14.7. The van der Waals surface area contributed by atoms with Gasteiger partial charge in [-0.1, -0.05) is 54.7 Å². The van der Waals surface area contributed by atoms with Crippen LogP contribution in [-0.2, 0) is 11.2 Å². The van der Waals surface area contributed by atoms with Crippen LogP contribution < -0.4 is 10.6 Å². The van der Waals surface area contributed by atoms with Crippen molar-refractivity contribution in [1.29, 1.82) is 5.26 Å². The number of nitrogens with one attached hydrogen (secondary N) is 2. The minimum absolute atomic E-state index is 0.0731. The van der Waals surface area contributed by atoms with E-state index >= 15 is 0 Å². The molecule has 0 atom stereocenters. The first-order valence-corrected chi connectivity index (χ1v) is 9.02.